The Kier molecular flexibility index (Phi) is 4.32. The Labute approximate surface area is 124 Å². The number of carbonyl (C=O) groups is 2. The fourth-order valence-electron chi connectivity index (χ4n) is 2.87. The Morgan fingerprint density at radius 1 is 1.10 bits per heavy atom. The highest BCUT2D eigenvalue weighted by Gasteiger charge is 2.42. The first kappa shape index (κ1) is 15.5. The summed E-state index contributed by atoms with van der Waals surface area (Å²) in [5.41, 5.74) is 0.892. The number of amides is 1. The van der Waals surface area contributed by atoms with Gasteiger partial charge in [-0.25, -0.2) is 4.79 Å². The summed E-state index contributed by atoms with van der Waals surface area (Å²) in [7, 11) is 1.71. The van der Waals surface area contributed by atoms with Gasteiger partial charge < -0.3 is 14.7 Å². The highest BCUT2D eigenvalue weighted by molar-refractivity contribution is 5.96. The van der Waals surface area contributed by atoms with Gasteiger partial charge in [0.05, 0.1) is 23.7 Å². The fraction of sp³-hybridized carbons (Fsp3) is 0.500. The van der Waals surface area contributed by atoms with E-state index in [2.05, 4.69) is 0 Å². The van der Waals surface area contributed by atoms with Gasteiger partial charge in [-0.2, -0.15) is 0 Å². The van der Waals surface area contributed by atoms with Crippen LogP contribution in [0.4, 0.5) is 5.69 Å². The number of nitrogens with zero attached hydrogens (tertiary/aromatic N) is 1. The monoisotopic (exact) mass is 291 g/mol. The maximum absolute atomic E-state index is 12.7. The topological polar surface area (TPSA) is 66.8 Å². The first-order valence-electron chi connectivity index (χ1n) is 7.09. The summed E-state index contributed by atoms with van der Waals surface area (Å²) in [6.45, 7) is 5.93. The fourth-order valence-corrected chi connectivity index (χ4v) is 2.87. The molecule has 1 fully saturated rings. The molecule has 1 amide bonds. The lowest BCUT2D eigenvalue weighted by Crippen LogP contribution is -2.38. The van der Waals surface area contributed by atoms with Crippen molar-refractivity contribution in [3.8, 4) is 0 Å². The Bertz CT molecular complexity index is 540. The molecule has 1 heterocycles. The standard InChI is InChI=1S/C16H21NO4/c1-9-10(2)21-11(3)14(9)15(18)17(4)13-7-5-12(6-8-13)16(19)20/h5-11,14H,1-4H3,(H,19,20). The number of anilines is 1. The number of rotatable bonds is 3. The molecule has 0 radical (unpaired) electrons. The van der Waals surface area contributed by atoms with Crippen LogP contribution in [0.3, 0.4) is 0 Å². The minimum Gasteiger partial charge on any atom is -0.478 e. The summed E-state index contributed by atoms with van der Waals surface area (Å²) in [6, 6.07) is 6.30. The predicted molar refractivity (Wildman–Crippen MR) is 79.5 cm³/mol. The van der Waals surface area contributed by atoms with E-state index in [0.29, 0.717) is 5.69 Å². The minimum atomic E-state index is -0.976. The van der Waals surface area contributed by atoms with E-state index in [0.717, 1.165) is 0 Å². The van der Waals surface area contributed by atoms with Gasteiger partial charge >= 0.3 is 5.97 Å². The van der Waals surface area contributed by atoms with Crippen LogP contribution in [0.15, 0.2) is 24.3 Å². The van der Waals surface area contributed by atoms with Crippen molar-refractivity contribution in [2.24, 2.45) is 11.8 Å². The van der Waals surface area contributed by atoms with Gasteiger partial charge in [0.2, 0.25) is 5.91 Å². The summed E-state index contributed by atoms with van der Waals surface area (Å²) in [4.78, 5) is 25.1. The van der Waals surface area contributed by atoms with E-state index < -0.39 is 5.97 Å². The lowest BCUT2D eigenvalue weighted by Gasteiger charge is -2.25. The van der Waals surface area contributed by atoms with Crippen LogP contribution >= 0.6 is 0 Å². The number of aromatic carboxylic acids is 1. The van der Waals surface area contributed by atoms with Gasteiger partial charge in [0.25, 0.3) is 0 Å². The van der Waals surface area contributed by atoms with Crippen molar-refractivity contribution >= 4 is 17.6 Å². The number of ether oxygens (including phenoxy) is 1. The van der Waals surface area contributed by atoms with E-state index in [1.807, 2.05) is 20.8 Å². The SMILES string of the molecule is CC1OC(C)C(C(=O)N(C)c2ccc(C(=O)O)cc2)C1C. The van der Waals surface area contributed by atoms with Crippen molar-refractivity contribution in [1.82, 2.24) is 0 Å². The molecule has 2 rings (SSSR count). The van der Waals surface area contributed by atoms with Crippen molar-refractivity contribution in [1.29, 1.82) is 0 Å². The Morgan fingerprint density at radius 3 is 2.10 bits per heavy atom. The van der Waals surface area contributed by atoms with Gasteiger partial charge in [-0.3, -0.25) is 4.79 Å². The van der Waals surface area contributed by atoms with Crippen LogP contribution in [0.1, 0.15) is 31.1 Å². The van der Waals surface area contributed by atoms with E-state index in [-0.39, 0.29) is 35.5 Å². The number of carboxylic acids is 1. The number of benzene rings is 1. The summed E-state index contributed by atoms with van der Waals surface area (Å²) in [5.74, 6) is -0.990. The molecule has 1 N–H and O–H groups in total. The molecule has 1 aromatic rings. The lowest BCUT2D eigenvalue weighted by atomic mass is 9.88. The Morgan fingerprint density at radius 2 is 1.67 bits per heavy atom. The molecular formula is C16H21NO4. The Balaban J connectivity index is 2.17. The molecule has 5 heteroatoms. The van der Waals surface area contributed by atoms with Gasteiger partial charge in [-0.15, -0.1) is 0 Å². The maximum atomic E-state index is 12.7. The van der Waals surface area contributed by atoms with Gasteiger partial charge in [0, 0.05) is 12.7 Å². The van der Waals surface area contributed by atoms with Crippen LogP contribution in [0.25, 0.3) is 0 Å². The van der Waals surface area contributed by atoms with Crippen molar-refractivity contribution in [3.05, 3.63) is 29.8 Å². The number of hydrogen-bond donors (Lipinski definition) is 1. The molecule has 1 aliphatic rings. The molecule has 1 aromatic carbocycles. The van der Waals surface area contributed by atoms with Crippen LogP contribution < -0.4 is 4.90 Å². The summed E-state index contributed by atoms with van der Waals surface area (Å²) < 4.78 is 5.72. The smallest absolute Gasteiger partial charge is 0.335 e. The highest BCUT2D eigenvalue weighted by atomic mass is 16.5. The van der Waals surface area contributed by atoms with E-state index >= 15 is 0 Å². The maximum Gasteiger partial charge on any atom is 0.335 e. The average Bonchev–Trinajstić information content (AvgIpc) is 2.70. The summed E-state index contributed by atoms with van der Waals surface area (Å²) in [5, 5.41) is 8.90. The molecule has 4 atom stereocenters. The zero-order chi connectivity index (χ0) is 15.7. The van der Waals surface area contributed by atoms with Crippen LogP contribution in [0, 0.1) is 11.8 Å². The number of hydrogen-bond acceptors (Lipinski definition) is 3. The Hall–Kier alpha value is -1.88. The molecule has 1 aliphatic heterocycles. The summed E-state index contributed by atoms with van der Waals surface area (Å²) >= 11 is 0. The first-order chi connectivity index (χ1) is 9.82. The normalized spacial score (nSPS) is 28.4. The van der Waals surface area contributed by atoms with Crippen molar-refractivity contribution in [3.63, 3.8) is 0 Å². The molecule has 0 aliphatic carbocycles. The van der Waals surface area contributed by atoms with Crippen molar-refractivity contribution in [2.75, 3.05) is 11.9 Å². The second kappa shape index (κ2) is 5.85. The van der Waals surface area contributed by atoms with E-state index in [9.17, 15) is 9.59 Å². The average molecular weight is 291 g/mol. The van der Waals surface area contributed by atoms with E-state index in [1.54, 1.807) is 24.1 Å². The van der Waals surface area contributed by atoms with Gasteiger partial charge in [0.15, 0.2) is 0 Å². The molecule has 21 heavy (non-hydrogen) atoms. The molecular weight excluding hydrogens is 270 g/mol. The highest BCUT2D eigenvalue weighted by Crippen LogP contribution is 2.34. The first-order valence-corrected chi connectivity index (χ1v) is 7.09. The van der Waals surface area contributed by atoms with Crippen LogP contribution in [0.5, 0.6) is 0 Å². The minimum absolute atomic E-state index is 0.00225. The molecule has 0 aromatic heterocycles. The largest absolute Gasteiger partial charge is 0.478 e. The predicted octanol–water partition coefficient (Wildman–Crippen LogP) is 2.41. The molecule has 1 saturated heterocycles. The second-order valence-corrected chi connectivity index (χ2v) is 5.68. The third-order valence-corrected chi connectivity index (χ3v) is 4.36. The molecule has 4 unspecified atom stereocenters. The number of carboxylic acid groups (broad SMARTS) is 1. The quantitative estimate of drug-likeness (QED) is 0.928. The van der Waals surface area contributed by atoms with E-state index in [4.69, 9.17) is 9.84 Å². The van der Waals surface area contributed by atoms with Crippen LogP contribution in [-0.2, 0) is 9.53 Å². The van der Waals surface area contributed by atoms with Gasteiger partial charge in [-0.1, -0.05) is 6.92 Å². The third kappa shape index (κ3) is 2.93. The molecule has 5 nitrogen and oxygen atoms in total. The van der Waals surface area contributed by atoms with Gasteiger partial charge in [-0.05, 0) is 44.0 Å². The zero-order valence-corrected chi connectivity index (χ0v) is 12.7. The van der Waals surface area contributed by atoms with Crippen LogP contribution in [-0.4, -0.2) is 36.2 Å². The summed E-state index contributed by atoms with van der Waals surface area (Å²) in [6.07, 6.45) is -0.0417. The lowest BCUT2D eigenvalue weighted by molar-refractivity contribution is -0.124. The number of carbonyl (C=O) groups excluding carboxylic acids is 1. The van der Waals surface area contributed by atoms with E-state index in [1.165, 1.54) is 12.1 Å². The molecule has 114 valence electrons. The van der Waals surface area contributed by atoms with Crippen molar-refractivity contribution in [2.45, 2.75) is 33.0 Å². The molecule has 0 spiro atoms. The van der Waals surface area contributed by atoms with Gasteiger partial charge in [0.1, 0.15) is 0 Å². The van der Waals surface area contributed by atoms with Crippen LogP contribution in [0.2, 0.25) is 0 Å². The third-order valence-electron chi connectivity index (χ3n) is 4.36. The second-order valence-electron chi connectivity index (χ2n) is 5.68. The zero-order valence-electron chi connectivity index (χ0n) is 12.7. The molecule has 0 saturated carbocycles. The van der Waals surface area contributed by atoms with Crippen molar-refractivity contribution < 1.29 is 19.4 Å². The molecule has 0 bridgehead atoms.